The van der Waals surface area contributed by atoms with Gasteiger partial charge in [0.25, 0.3) is 0 Å². The van der Waals surface area contributed by atoms with Crippen molar-refractivity contribution in [2.75, 3.05) is 38.0 Å². The van der Waals surface area contributed by atoms with Gasteiger partial charge in [-0.25, -0.2) is 24.3 Å². The second kappa shape index (κ2) is 10.4. The normalized spacial score (nSPS) is 18.6. The van der Waals surface area contributed by atoms with Gasteiger partial charge in [-0.1, -0.05) is 13.0 Å². The Hall–Kier alpha value is -3.43. The number of nitrogens with zero attached hydrogens (tertiary/aromatic N) is 7. The van der Waals surface area contributed by atoms with E-state index >= 15 is 0 Å². The van der Waals surface area contributed by atoms with Crippen LogP contribution in [-0.4, -0.2) is 67.0 Å². The summed E-state index contributed by atoms with van der Waals surface area (Å²) in [5.74, 6) is 1.61. The topological polar surface area (TPSA) is 75.0 Å². The van der Waals surface area contributed by atoms with Gasteiger partial charge in [0.1, 0.15) is 17.3 Å². The quantitative estimate of drug-likeness (QED) is 0.383. The first-order valence-electron chi connectivity index (χ1n) is 13.7. The molecule has 0 saturated carbocycles. The number of halogens is 1. The van der Waals surface area contributed by atoms with E-state index in [0.29, 0.717) is 17.8 Å². The Morgan fingerprint density at radius 1 is 1.03 bits per heavy atom. The van der Waals surface area contributed by atoms with Crippen molar-refractivity contribution in [3.63, 3.8) is 0 Å². The van der Waals surface area contributed by atoms with Crippen LogP contribution in [0.15, 0.2) is 36.7 Å². The Morgan fingerprint density at radius 2 is 1.84 bits per heavy atom. The van der Waals surface area contributed by atoms with Crippen LogP contribution in [0.5, 0.6) is 0 Å². The summed E-state index contributed by atoms with van der Waals surface area (Å²) in [6, 6.07) is 8.37. The van der Waals surface area contributed by atoms with E-state index in [9.17, 15) is 4.39 Å². The van der Waals surface area contributed by atoms with Gasteiger partial charge in [-0.05, 0) is 62.6 Å². The van der Waals surface area contributed by atoms with Crippen LogP contribution in [0.1, 0.15) is 49.7 Å². The third-order valence-corrected chi connectivity index (χ3v) is 7.92. The first-order chi connectivity index (χ1) is 18.5. The zero-order valence-electron chi connectivity index (χ0n) is 22.4. The molecule has 6 rings (SSSR count). The van der Waals surface area contributed by atoms with Crippen molar-refractivity contribution in [2.45, 2.75) is 52.6 Å². The molecule has 5 heterocycles. The summed E-state index contributed by atoms with van der Waals surface area (Å²) in [5, 5.41) is 3.15. The highest BCUT2D eigenvalue weighted by molar-refractivity contribution is 5.85. The second-order valence-corrected chi connectivity index (χ2v) is 10.6. The summed E-state index contributed by atoms with van der Waals surface area (Å²) >= 11 is 0. The minimum absolute atomic E-state index is 0.273. The van der Waals surface area contributed by atoms with Gasteiger partial charge in [0.2, 0.25) is 5.95 Å². The third-order valence-electron chi connectivity index (χ3n) is 7.92. The van der Waals surface area contributed by atoms with Crippen molar-refractivity contribution >= 4 is 22.8 Å². The molecule has 2 aliphatic rings. The minimum atomic E-state index is -0.452. The van der Waals surface area contributed by atoms with E-state index in [2.05, 4.69) is 54.5 Å². The average molecular weight is 515 g/mol. The molecule has 1 saturated heterocycles. The van der Waals surface area contributed by atoms with Crippen LogP contribution in [0.25, 0.3) is 22.3 Å². The number of imidazole rings is 1. The smallest absolute Gasteiger partial charge is 0.229 e. The standard InChI is InChI=1S/C29H35FN8/c1-4-36-10-12-37(13-11-36)18-21-8-9-25(31-16-21)33-29-32-17-23(30)28(35-29)22-14-19(2)27-24(15-22)38-20(3)6-5-7-26(38)34-27/h8-9,14-17,20H,4-7,10-13,18H2,1-3H3,(H,31,32,33,35). The molecule has 8 nitrogen and oxygen atoms in total. The Morgan fingerprint density at radius 3 is 2.61 bits per heavy atom. The summed E-state index contributed by atoms with van der Waals surface area (Å²) in [7, 11) is 0. The number of rotatable bonds is 6. The number of benzene rings is 1. The fourth-order valence-electron chi connectivity index (χ4n) is 5.76. The Kier molecular flexibility index (Phi) is 6.80. The molecule has 0 bridgehead atoms. The van der Waals surface area contributed by atoms with Crippen molar-refractivity contribution in [2.24, 2.45) is 0 Å². The SMILES string of the molecule is CCN1CCN(Cc2ccc(Nc3ncc(F)c(-c4cc(C)c5nc6n(c5c4)C(C)CCC6)n3)nc2)CC1. The summed E-state index contributed by atoms with van der Waals surface area (Å²) in [5.41, 5.74) is 5.22. The van der Waals surface area contributed by atoms with Crippen LogP contribution in [0.3, 0.4) is 0 Å². The first kappa shape index (κ1) is 24.9. The predicted octanol–water partition coefficient (Wildman–Crippen LogP) is 5.11. The number of aryl methyl sites for hydroxylation is 2. The van der Waals surface area contributed by atoms with E-state index in [1.165, 1.54) is 11.8 Å². The highest BCUT2D eigenvalue weighted by Gasteiger charge is 2.22. The maximum absolute atomic E-state index is 15.0. The molecule has 1 unspecified atom stereocenters. The van der Waals surface area contributed by atoms with Gasteiger partial charge in [0, 0.05) is 56.9 Å². The maximum atomic E-state index is 15.0. The van der Waals surface area contributed by atoms with Crippen LogP contribution in [0.2, 0.25) is 0 Å². The van der Waals surface area contributed by atoms with Crippen LogP contribution < -0.4 is 5.32 Å². The molecule has 1 atom stereocenters. The number of piperazine rings is 1. The van der Waals surface area contributed by atoms with Gasteiger partial charge >= 0.3 is 0 Å². The average Bonchev–Trinajstić information content (AvgIpc) is 3.32. The first-order valence-corrected chi connectivity index (χ1v) is 13.7. The van der Waals surface area contributed by atoms with Crippen LogP contribution in [-0.2, 0) is 13.0 Å². The van der Waals surface area contributed by atoms with E-state index in [-0.39, 0.29) is 5.69 Å². The van der Waals surface area contributed by atoms with Crippen molar-refractivity contribution in [1.82, 2.24) is 34.3 Å². The van der Waals surface area contributed by atoms with E-state index in [4.69, 9.17) is 4.98 Å². The summed E-state index contributed by atoms with van der Waals surface area (Å²) in [6.07, 6.45) is 6.37. The van der Waals surface area contributed by atoms with E-state index < -0.39 is 5.82 Å². The molecule has 0 radical (unpaired) electrons. The zero-order chi connectivity index (χ0) is 26.2. The van der Waals surface area contributed by atoms with Crippen LogP contribution >= 0.6 is 0 Å². The molecule has 3 aromatic heterocycles. The van der Waals surface area contributed by atoms with Gasteiger partial charge in [0.15, 0.2) is 5.82 Å². The monoisotopic (exact) mass is 514 g/mol. The number of hydrogen-bond acceptors (Lipinski definition) is 7. The fourth-order valence-corrected chi connectivity index (χ4v) is 5.76. The lowest BCUT2D eigenvalue weighted by molar-refractivity contribution is 0.132. The van der Waals surface area contributed by atoms with Gasteiger partial charge in [-0.3, -0.25) is 4.90 Å². The second-order valence-electron chi connectivity index (χ2n) is 10.6. The third kappa shape index (κ3) is 4.88. The summed E-state index contributed by atoms with van der Waals surface area (Å²) in [6.45, 7) is 12.9. The molecule has 38 heavy (non-hydrogen) atoms. The molecule has 2 aliphatic heterocycles. The minimum Gasteiger partial charge on any atom is -0.325 e. The van der Waals surface area contributed by atoms with Crippen molar-refractivity contribution in [3.8, 4) is 11.3 Å². The van der Waals surface area contributed by atoms with Crippen LogP contribution in [0.4, 0.5) is 16.2 Å². The number of pyridine rings is 1. The lowest BCUT2D eigenvalue weighted by Crippen LogP contribution is -2.45. The molecule has 4 aromatic rings. The van der Waals surface area contributed by atoms with Gasteiger partial charge in [0.05, 0.1) is 17.2 Å². The predicted molar refractivity (Wildman–Crippen MR) is 148 cm³/mol. The van der Waals surface area contributed by atoms with E-state index in [0.717, 1.165) is 86.5 Å². The highest BCUT2D eigenvalue weighted by Crippen LogP contribution is 2.34. The van der Waals surface area contributed by atoms with Gasteiger partial charge in [-0.2, -0.15) is 0 Å². The molecule has 9 heteroatoms. The molecule has 0 aliphatic carbocycles. The number of anilines is 2. The lowest BCUT2D eigenvalue weighted by atomic mass is 10.0. The molecule has 1 fully saturated rings. The summed E-state index contributed by atoms with van der Waals surface area (Å²) in [4.78, 5) is 23.1. The van der Waals surface area contributed by atoms with E-state index in [1.54, 1.807) is 0 Å². The molecular weight excluding hydrogens is 479 g/mol. The maximum Gasteiger partial charge on any atom is 0.229 e. The van der Waals surface area contributed by atoms with Crippen molar-refractivity contribution in [1.29, 1.82) is 0 Å². The number of hydrogen-bond donors (Lipinski definition) is 1. The Balaban J connectivity index is 1.21. The molecular formula is C29H35FN8. The highest BCUT2D eigenvalue weighted by atomic mass is 19.1. The van der Waals surface area contributed by atoms with E-state index in [1.807, 2.05) is 31.3 Å². The Labute approximate surface area is 222 Å². The largest absolute Gasteiger partial charge is 0.325 e. The zero-order valence-corrected chi connectivity index (χ0v) is 22.4. The number of likely N-dealkylation sites (N-methyl/N-ethyl adjacent to an activating group) is 1. The number of fused-ring (bicyclic) bond motifs is 3. The number of aromatic nitrogens is 5. The van der Waals surface area contributed by atoms with Crippen LogP contribution in [0, 0.1) is 12.7 Å². The molecule has 1 aromatic carbocycles. The fraction of sp³-hybridized carbons (Fsp3) is 0.448. The Bertz CT molecular complexity index is 1440. The van der Waals surface area contributed by atoms with Gasteiger partial charge < -0.3 is 14.8 Å². The molecule has 198 valence electrons. The molecule has 0 spiro atoms. The van der Waals surface area contributed by atoms with Gasteiger partial charge in [-0.15, -0.1) is 0 Å². The molecule has 1 N–H and O–H groups in total. The lowest BCUT2D eigenvalue weighted by Gasteiger charge is -2.33. The van der Waals surface area contributed by atoms with Crippen molar-refractivity contribution in [3.05, 3.63) is 59.4 Å². The summed E-state index contributed by atoms with van der Waals surface area (Å²) < 4.78 is 17.3. The number of nitrogens with one attached hydrogen (secondary N) is 1. The van der Waals surface area contributed by atoms with Crippen molar-refractivity contribution < 1.29 is 4.39 Å². The molecule has 0 amide bonds.